The Labute approximate surface area is 183 Å². The van der Waals surface area contributed by atoms with Crippen LogP contribution in [0.2, 0.25) is 0 Å². The third kappa shape index (κ3) is 13.9. The van der Waals surface area contributed by atoms with Crippen molar-refractivity contribution in [1.29, 1.82) is 0 Å². The zero-order valence-corrected chi connectivity index (χ0v) is 20.0. The maximum absolute atomic E-state index is 2.33. The Kier molecular flexibility index (Phi) is 18.6. The number of quaternary nitrogens is 1. The fourth-order valence-corrected chi connectivity index (χ4v) is 4.56. The van der Waals surface area contributed by atoms with Crippen LogP contribution in [0.1, 0.15) is 110 Å². The van der Waals surface area contributed by atoms with Crippen LogP contribution in [0.25, 0.3) is 0 Å². The molecule has 1 rings (SSSR count). The molecular formula is C27H51NO. The van der Waals surface area contributed by atoms with Crippen LogP contribution in [0.15, 0.2) is 30.3 Å². The second-order valence-electron chi connectivity index (χ2n) is 9.01. The third-order valence-corrected chi connectivity index (χ3v) is 6.40. The lowest BCUT2D eigenvalue weighted by atomic mass is 10.1. The first-order valence-electron chi connectivity index (χ1n) is 12.7. The molecule has 0 aliphatic heterocycles. The SMILES string of the molecule is CCCCCC[N+](CCCCCC)(CCCCCC)CCCc1ccccc1.[OH-]. The summed E-state index contributed by atoms with van der Waals surface area (Å²) >= 11 is 0. The number of unbranched alkanes of at least 4 members (excludes halogenated alkanes) is 9. The second kappa shape index (κ2) is 19.1. The van der Waals surface area contributed by atoms with E-state index in [-0.39, 0.29) is 5.48 Å². The number of hydrogen-bond acceptors (Lipinski definition) is 1. The number of aryl methyl sites for hydroxylation is 1. The van der Waals surface area contributed by atoms with Crippen LogP contribution >= 0.6 is 0 Å². The van der Waals surface area contributed by atoms with E-state index in [2.05, 4.69) is 51.1 Å². The van der Waals surface area contributed by atoms with Gasteiger partial charge in [0.15, 0.2) is 0 Å². The Balaban J connectivity index is 0.00000784. The number of nitrogens with zero attached hydrogens (tertiary/aromatic N) is 1. The van der Waals surface area contributed by atoms with Crippen LogP contribution in [-0.2, 0) is 6.42 Å². The molecule has 0 heterocycles. The molecule has 1 aromatic carbocycles. The van der Waals surface area contributed by atoms with Crippen molar-refractivity contribution in [2.75, 3.05) is 26.2 Å². The van der Waals surface area contributed by atoms with Crippen molar-refractivity contribution >= 4 is 0 Å². The molecule has 0 aromatic heterocycles. The molecule has 0 aliphatic carbocycles. The molecule has 0 spiro atoms. The highest BCUT2D eigenvalue weighted by Crippen LogP contribution is 2.19. The molecule has 2 heteroatoms. The van der Waals surface area contributed by atoms with Gasteiger partial charge in [-0.25, -0.2) is 0 Å². The van der Waals surface area contributed by atoms with Gasteiger partial charge in [-0.2, -0.15) is 0 Å². The first-order valence-corrected chi connectivity index (χ1v) is 12.7. The topological polar surface area (TPSA) is 30.0 Å². The molecule has 0 unspecified atom stereocenters. The summed E-state index contributed by atoms with van der Waals surface area (Å²) in [5.41, 5.74) is 1.52. The Hall–Kier alpha value is -0.860. The molecule has 0 saturated heterocycles. The molecule has 170 valence electrons. The lowest BCUT2D eigenvalue weighted by Gasteiger charge is -2.39. The molecule has 0 amide bonds. The first kappa shape index (κ1) is 28.1. The fourth-order valence-electron chi connectivity index (χ4n) is 4.56. The Bertz CT molecular complexity index is 414. The standard InChI is InChI=1S/C27H50N.H2O/c1-4-7-10-16-23-28(24-17-11-8-5-2,25-18-12-9-6-3)26-19-22-27-20-14-13-15-21-27;/h13-15,20-21H,4-12,16-19,22-26H2,1-3H3;1H2/q+1;/p-1. The van der Waals surface area contributed by atoms with Gasteiger partial charge in [0.1, 0.15) is 0 Å². The summed E-state index contributed by atoms with van der Waals surface area (Å²) in [6.07, 6.45) is 19.5. The molecule has 29 heavy (non-hydrogen) atoms. The molecule has 0 radical (unpaired) electrons. The van der Waals surface area contributed by atoms with Gasteiger partial charge < -0.3 is 9.96 Å². The quantitative estimate of drug-likeness (QED) is 0.169. The predicted octanol–water partition coefficient (Wildman–Crippen LogP) is 8.00. The molecule has 0 atom stereocenters. The van der Waals surface area contributed by atoms with Gasteiger partial charge in [-0.1, -0.05) is 89.6 Å². The molecule has 2 nitrogen and oxygen atoms in total. The Morgan fingerprint density at radius 2 is 0.931 bits per heavy atom. The molecule has 1 aromatic rings. The van der Waals surface area contributed by atoms with Crippen molar-refractivity contribution in [1.82, 2.24) is 0 Å². The first-order chi connectivity index (χ1) is 13.8. The second-order valence-corrected chi connectivity index (χ2v) is 9.01. The van der Waals surface area contributed by atoms with E-state index in [9.17, 15) is 0 Å². The van der Waals surface area contributed by atoms with Gasteiger partial charge in [0, 0.05) is 6.42 Å². The summed E-state index contributed by atoms with van der Waals surface area (Å²) in [6.45, 7) is 12.7. The highest BCUT2D eigenvalue weighted by Gasteiger charge is 2.25. The summed E-state index contributed by atoms with van der Waals surface area (Å²) < 4.78 is 1.41. The fraction of sp³-hybridized carbons (Fsp3) is 0.778. The van der Waals surface area contributed by atoms with Crippen LogP contribution in [0, 0.1) is 0 Å². The van der Waals surface area contributed by atoms with E-state index < -0.39 is 0 Å². The molecular weight excluding hydrogens is 354 g/mol. The highest BCUT2D eigenvalue weighted by atomic mass is 16.0. The Morgan fingerprint density at radius 1 is 0.517 bits per heavy atom. The average Bonchev–Trinajstić information content (AvgIpc) is 2.72. The molecule has 0 saturated carbocycles. The van der Waals surface area contributed by atoms with E-state index >= 15 is 0 Å². The van der Waals surface area contributed by atoms with Gasteiger partial charge in [-0.05, 0) is 50.5 Å². The summed E-state index contributed by atoms with van der Waals surface area (Å²) in [5, 5.41) is 0. The van der Waals surface area contributed by atoms with E-state index in [1.807, 2.05) is 0 Å². The van der Waals surface area contributed by atoms with Crippen LogP contribution in [0.5, 0.6) is 0 Å². The minimum Gasteiger partial charge on any atom is -0.870 e. The molecule has 0 fully saturated rings. The van der Waals surface area contributed by atoms with E-state index in [1.165, 1.54) is 126 Å². The van der Waals surface area contributed by atoms with E-state index in [0.29, 0.717) is 0 Å². The third-order valence-electron chi connectivity index (χ3n) is 6.40. The molecule has 1 N–H and O–H groups in total. The van der Waals surface area contributed by atoms with Crippen LogP contribution in [0.4, 0.5) is 0 Å². The average molecular weight is 406 g/mol. The predicted molar refractivity (Wildman–Crippen MR) is 129 cm³/mol. The van der Waals surface area contributed by atoms with Gasteiger partial charge in [0.25, 0.3) is 0 Å². The minimum absolute atomic E-state index is 0. The van der Waals surface area contributed by atoms with Gasteiger partial charge in [-0.3, -0.25) is 0 Å². The van der Waals surface area contributed by atoms with Crippen molar-refractivity contribution < 1.29 is 9.96 Å². The Morgan fingerprint density at radius 3 is 1.34 bits per heavy atom. The number of hydrogen-bond donors (Lipinski definition) is 0. The van der Waals surface area contributed by atoms with E-state index in [0.717, 1.165) is 0 Å². The van der Waals surface area contributed by atoms with Crippen molar-refractivity contribution in [3.63, 3.8) is 0 Å². The van der Waals surface area contributed by atoms with Gasteiger partial charge in [0.2, 0.25) is 0 Å². The summed E-state index contributed by atoms with van der Waals surface area (Å²) in [6, 6.07) is 11.1. The lowest BCUT2D eigenvalue weighted by Crippen LogP contribution is -2.51. The summed E-state index contributed by atoms with van der Waals surface area (Å²) in [5.74, 6) is 0. The number of rotatable bonds is 19. The molecule has 0 bridgehead atoms. The van der Waals surface area contributed by atoms with Gasteiger partial charge in [0.05, 0.1) is 26.2 Å². The van der Waals surface area contributed by atoms with E-state index in [1.54, 1.807) is 0 Å². The maximum atomic E-state index is 2.33. The lowest BCUT2D eigenvalue weighted by molar-refractivity contribution is -0.929. The van der Waals surface area contributed by atoms with Gasteiger partial charge >= 0.3 is 0 Å². The van der Waals surface area contributed by atoms with Crippen molar-refractivity contribution in [3.05, 3.63) is 35.9 Å². The van der Waals surface area contributed by atoms with Crippen LogP contribution in [-0.4, -0.2) is 36.1 Å². The zero-order valence-electron chi connectivity index (χ0n) is 20.0. The smallest absolute Gasteiger partial charge is 0.0789 e. The highest BCUT2D eigenvalue weighted by molar-refractivity contribution is 5.14. The summed E-state index contributed by atoms with van der Waals surface area (Å²) in [7, 11) is 0. The van der Waals surface area contributed by atoms with Crippen LogP contribution in [0.3, 0.4) is 0 Å². The normalized spacial score (nSPS) is 11.4. The van der Waals surface area contributed by atoms with Gasteiger partial charge in [-0.15, -0.1) is 0 Å². The maximum Gasteiger partial charge on any atom is 0.0789 e. The largest absolute Gasteiger partial charge is 0.870 e. The van der Waals surface area contributed by atoms with Crippen molar-refractivity contribution in [2.45, 2.75) is 111 Å². The monoisotopic (exact) mass is 405 g/mol. The van der Waals surface area contributed by atoms with Crippen LogP contribution < -0.4 is 0 Å². The molecule has 0 aliphatic rings. The van der Waals surface area contributed by atoms with Crippen molar-refractivity contribution in [2.24, 2.45) is 0 Å². The number of benzene rings is 1. The van der Waals surface area contributed by atoms with Crippen molar-refractivity contribution in [3.8, 4) is 0 Å². The minimum atomic E-state index is 0. The van der Waals surface area contributed by atoms with E-state index in [4.69, 9.17) is 0 Å². The summed E-state index contributed by atoms with van der Waals surface area (Å²) in [4.78, 5) is 0. The zero-order chi connectivity index (χ0) is 20.3.